The molecule has 1 aromatic heterocycles. The van der Waals surface area contributed by atoms with Gasteiger partial charge < -0.3 is 9.15 Å². The van der Waals surface area contributed by atoms with E-state index in [-0.39, 0.29) is 17.8 Å². The fourth-order valence-electron chi connectivity index (χ4n) is 1.09. The summed E-state index contributed by atoms with van der Waals surface area (Å²) in [6.07, 6.45) is 1.27. The van der Waals surface area contributed by atoms with Gasteiger partial charge in [-0.3, -0.25) is 4.79 Å². The molecule has 0 N–H and O–H groups in total. The van der Waals surface area contributed by atoms with Crippen molar-refractivity contribution in [3.8, 4) is 0 Å². The zero-order valence-electron chi connectivity index (χ0n) is 8.42. The normalized spacial score (nSPS) is 9.93. The van der Waals surface area contributed by atoms with Gasteiger partial charge in [0, 0.05) is 11.1 Å². The predicted molar refractivity (Wildman–Crippen MR) is 50.4 cm³/mol. The third kappa shape index (κ3) is 1.84. The van der Waals surface area contributed by atoms with Crippen molar-refractivity contribution in [3.63, 3.8) is 0 Å². The van der Waals surface area contributed by atoms with Crippen molar-refractivity contribution in [1.82, 2.24) is 0 Å². The molecule has 0 saturated heterocycles. The van der Waals surface area contributed by atoms with Crippen molar-refractivity contribution >= 4 is 5.97 Å². The Kier molecular flexibility index (Phi) is 3.06. The van der Waals surface area contributed by atoms with Gasteiger partial charge >= 0.3 is 5.97 Å². The second-order valence-corrected chi connectivity index (χ2v) is 2.92. The van der Waals surface area contributed by atoms with Crippen LogP contribution in [0.1, 0.15) is 28.6 Å². The van der Waals surface area contributed by atoms with Gasteiger partial charge in [0.1, 0.15) is 0 Å². The van der Waals surface area contributed by atoms with E-state index in [4.69, 9.17) is 9.15 Å². The summed E-state index contributed by atoms with van der Waals surface area (Å²) in [7, 11) is 0. The Morgan fingerprint density at radius 2 is 2.14 bits per heavy atom. The Morgan fingerprint density at radius 3 is 2.71 bits per heavy atom. The van der Waals surface area contributed by atoms with E-state index >= 15 is 0 Å². The van der Waals surface area contributed by atoms with Crippen LogP contribution in [0.5, 0.6) is 0 Å². The minimum Gasteiger partial charge on any atom is -0.460 e. The molecule has 0 saturated carbocycles. The highest BCUT2D eigenvalue weighted by Gasteiger charge is 2.16. The highest BCUT2D eigenvalue weighted by molar-refractivity contribution is 5.87. The van der Waals surface area contributed by atoms with Crippen LogP contribution in [0.15, 0.2) is 15.5 Å². The van der Waals surface area contributed by atoms with Crippen molar-refractivity contribution in [2.75, 3.05) is 6.61 Å². The first-order valence-electron chi connectivity index (χ1n) is 4.34. The van der Waals surface area contributed by atoms with Gasteiger partial charge in [-0.2, -0.15) is 0 Å². The molecule has 4 nitrogen and oxygen atoms in total. The van der Waals surface area contributed by atoms with Gasteiger partial charge in [-0.05, 0) is 20.8 Å². The first-order chi connectivity index (χ1) is 6.57. The highest BCUT2D eigenvalue weighted by atomic mass is 16.5. The van der Waals surface area contributed by atoms with Crippen LogP contribution < -0.4 is 5.43 Å². The van der Waals surface area contributed by atoms with E-state index in [1.807, 2.05) is 0 Å². The summed E-state index contributed by atoms with van der Waals surface area (Å²) in [6.45, 7) is 5.13. The van der Waals surface area contributed by atoms with E-state index in [1.165, 1.54) is 6.26 Å². The van der Waals surface area contributed by atoms with Crippen LogP contribution in [-0.4, -0.2) is 12.6 Å². The van der Waals surface area contributed by atoms with E-state index in [9.17, 15) is 9.59 Å². The number of hydrogen-bond donors (Lipinski definition) is 0. The first kappa shape index (κ1) is 10.5. The standard InChI is InChI=1S/C10H12O4/c1-4-13-10(12)9-7(3)8(11)6(2)5-14-9/h5H,4H2,1-3H3. The van der Waals surface area contributed by atoms with Crippen LogP contribution in [0, 0.1) is 13.8 Å². The van der Waals surface area contributed by atoms with Gasteiger partial charge in [0.15, 0.2) is 5.43 Å². The Hall–Kier alpha value is -1.58. The lowest BCUT2D eigenvalue weighted by Crippen LogP contribution is -2.16. The molecule has 1 aromatic rings. The van der Waals surface area contributed by atoms with E-state index in [0.717, 1.165) is 0 Å². The molecule has 0 atom stereocenters. The van der Waals surface area contributed by atoms with Gasteiger partial charge in [-0.25, -0.2) is 4.79 Å². The van der Waals surface area contributed by atoms with Crippen molar-refractivity contribution in [3.05, 3.63) is 33.4 Å². The van der Waals surface area contributed by atoms with Gasteiger partial charge in [0.2, 0.25) is 5.76 Å². The average Bonchev–Trinajstić information content (AvgIpc) is 2.15. The lowest BCUT2D eigenvalue weighted by atomic mass is 10.2. The van der Waals surface area contributed by atoms with Crippen molar-refractivity contribution < 1.29 is 13.9 Å². The average molecular weight is 196 g/mol. The van der Waals surface area contributed by atoms with E-state index < -0.39 is 5.97 Å². The summed E-state index contributed by atoms with van der Waals surface area (Å²) in [6, 6.07) is 0. The molecular weight excluding hydrogens is 184 g/mol. The molecule has 4 heteroatoms. The van der Waals surface area contributed by atoms with E-state index in [1.54, 1.807) is 20.8 Å². The molecule has 0 spiro atoms. The molecule has 0 aliphatic rings. The monoisotopic (exact) mass is 196 g/mol. The van der Waals surface area contributed by atoms with Crippen LogP contribution in [0.2, 0.25) is 0 Å². The number of ether oxygens (including phenoxy) is 1. The molecular formula is C10H12O4. The largest absolute Gasteiger partial charge is 0.460 e. The summed E-state index contributed by atoms with van der Waals surface area (Å²) in [5.74, 6) is -0.607. The second-order valence-electron chi connectivity index (χ2n) is 2.92. The van der Waals surface area contributed by atoms with Crippen molar-refractivity contribution in [2.45, 2.75) is 20.8 Å². The van der Waals surface area contributed by atoms with Crippen LogP contribution in [0.4, 0.5) is 0 Å². The molecule has 0 radical (unpaired) electrons. The van der Waals surface area contributed by atoms with Crippen LogP contribution in [-0.2, 0) is 4.74 Å². The number of carbonyl (C=O) groups excluding carboxylic acids is 1. The van der Waals surface area contributed by atoms with Crippen molar-refractivity contribution in [2.24, 2.45) is 0 Å². The van der Waals surface area contributed by atoms with E-state index in [2.05, 4.69) is 0 Å². The Balaban J connectivity index is 3.18. The molecule has 0 bridgehead atoms. The first-order valence-corrected chi connectivity index (χ1v) is 4.34. The third-order valence-electron chi connectivity index (χ3n) is 1.85. The summed E-state index contributed by atoms with van der Waals surface area (Å²) in [5.41, 5.74) is 0.596. The van der Waals surface area contributed by atoms with Gasteiger partial charge in [0.25, 0.3) is 0 Å². The third-order valence-corrected chi connectivity index (χ3v) is 1.85. The molecule has 14 heavy (non-hydrogen) atoms. The minimum atomic E-state index is -0.595. The Labute approximate surface area is 81.5 Å². The van der Waals surface area contributed by atoms with E-state index in [0.29, 0.717) is 11.1 Å². The molecule has 76 valence electrons. The molecule has 0 aliphatic heterocycles. The maximum absolute atomic E-state index is 11.4. The molecule has 1 heterocycles. The van der Waals surface area contributed by atoms with Gasteiger partial charge in [-0.15, -0.1) is 0 Å². The predicted octanol–water partition coefficient (Wildman–Crippen LogP) is 1.43. The second kappa shape index (κ2) is 4.09. The van der Waals surface area contributed by atoms with Crippen LogP contribution in [0.25, 0.3) is 0 Å². The smallest absolute Gasteiger partial charge is 0.374 e. The zero-order valence-corrected chi connectivity index (χ0v) is 8.42. The lowest BCUT2D eigenvalue weighted by Gasteiger charge is -2.03. The number of rotatable bonds is 2. The van der Waals surface area contributed by atoms with Crippen LogP contribution in [0.3, 0.4) is 0 Å². The summed E-state index contributed by atoms with van der Waals surface area (Å²) < 4.78 is 9.74. The maximum atomic E-state index is 11.4. The fourth-order valence-corrected chi connectivity index (χ4v) is 1.09. The summed E-state index contributed by atoms with van der Waals surface area (Å²) in [5, 5.41) is 0. The lowest BCUT2D eigenvalue weighted by molar-refractivity contribution is 0.0485. The van der Waals surface area contributed by atoms with Gasteiger partial charge in [-0.1, -0.05) is 0 Å². The fraction of sp³-hybridized carbons (Fsp3) is 0.400. The quantitative estimate of drug-likeness (QED) is 0.671. The van der Waals surface area contributed by atoms with Crippen LogP contribution >= 0.6 is 0 Å². The number of esters is 1. The number of hydrogen-bond acceptors (Lipinski definition) is 4. The zero-order chi connectivity index (χ0) is 10.7. The summed E-state index contributed by atoms with van der Waals surface area (Å²) >= 11 is 0. The molecule has 0 aromatic carbocycles. The highest BCUT2D eigenvalue weighted by Crippen LogP contribution is 2.06. The topological polar surface area (TPSA) is 56.5 Å². The molecule has 1 rings (SSSR count). The molecule has 0 fully saturated rings. The minimum absolute atomic E-state index is 0.0116. The Bertz CT molecular complexity index is 403. The molecule has 0 amide bonds. The Morgan fingerprint density at radius 1 is 1.50 bits per heavy atom. The van der Waals surface area contributed by atoms with Gasteiger partial charge in [0.05, 0.1) is 12.9 Å². The number of aryl methyl sites for hydroxylation is 1. The SMILES string of the molecule is CCOC(=O)c1occ(C)c(=O)c1C. The molecule has 0 unspecified atom stereocenters. The van der Waals surface area contributed by atoms with Crippen molar-refractivity contribution in [1.29, 1.82) is 0 Å². The molecule has 0 aliphatic carbocycles. The maximum Gasteiger partial charge on any atom is 0.374 e. The number of carbonyl (C=O) groups is 1. The summed E-state index contributed by atoms with van der Waals surface area (Å²) in [4.78, 5) is 22.7.